The molecule has 0 saturated carbocycles. The highest BCUT2D eigenvalue weighted by atomic mass is 16.5. The normalized spacial score (nSPS) is 10.8. The number of anilines is 1. The van der Waals surface area contributed by atoms with Gasteiger partial charge in [-0.3, -0.25) is 9.20 Å². The van der Waals surface area contributed by atoms with Gasteiger partial charge in [0.1, 0.15) is 12.1 Å². The fraction of sp³-hybridized carbons (Fsp3) is 0.562. The predicted octanol–water partition coefficient (Wildman–Crippen LogP) is 1.58. The highest BCUT2D eigenvalue weighted by molar-refractivity contribution is 5.98. The maximum absolute atomic E-state index is 12.2. The molecule has 0 aliphatic heterocycles. The standard InChI is InChI=1S/C16H24N6O3/c1-3-5-6-7-8-9-18-15(23)11-13(17)22-10-19-12(14(22)21-20-11)16(24)25-4-2/h10H,3-9,17H2,1-2H3,(H,18,23). The average molecular weight is 348 g/mol. The monoisotopic (exact) mass is 348 g/mol. The molecule has 0 saturated heterocycles. The van der Waals surface area contributed by atoms with Gasteiger partial charge in [0, 0.05) is 6.54 Å². The van der Waals surface area contributed by atoms with E-state index in [0.717, 1.165) is 19.3 Å². The van der Waals surface area contributed by atoms with Gasteiger partial charge in [0.15, 0.2) is 17.0 Å². The van der Waals surface area contributed by atoms with E-state index in [0.29, 0.717) is 6.54 Å². The van der Waals surface area contributed by atoms with Crippen LogP contribution in [0.25, 0.3) is 5.65 Å². The van der Waals surface area contributed by atoms with E-state index in [-0.39, 0.29) is 29.5 Å². The molecule has 2 rings (SSSR count). The Morgan fingerprint density at radius 2 is 1.92 bits per heavy atom. The number of imidazole rings is 1. The van der Waals surface area contributed by atoms with Crippen LogP contribution < -0.4 is 11.1 Å². The maximum Gasteiger partial charge on any atom is 0.360 e. The zero-order valence-electron chi connectivity index (χ0n) is 14.6. The molecule has 3 N–H and O–H groups in total. The molecule has 0 bridgehead atoms. The Morgan fingerprint density at radius 1 is 1.16 bits per heavy atom. The Bertz CT molecular complexity index is 743. The van der Waals surface area contributed by atoms with Crippen LogP contribution in [0.1, 0.15) is 66.9 Å². The first-order valence-electron chi connectivity index (χ1n) is 8.54. The quantitative estimate of drug-likeness (QED) is 0.520. The lowest BCUT2D eigenvalue weighted by Gasteiger charge is -2.07. The van der Waals surface area contributed by atoms with Gasteiger partial charge in [-0.1, -0.05) is 32.6 Å². The van der Waals surface area contributed by atoms with Crippen LogP contribution in [0.5, 0.6) is 0 Å². The molecule has 2 aromatic heterocycles. The molecule has 0 spiro atoms. The summed E-state index contributed by atoms with van der Waals surface area (Å²) in [6, 6.07) is 0. The fourth-order valence-electron chi connectivity index (χ4n) is 2.40. The van der Waals surface area contributed by atoms with Crippen molar-refractivity contribution in [3.8, 4) is 0 Å². The molecule has 136 valence electrons. The lowest BCUT2D eigenvalue weighted by molar-refractivity contribution is 0.0522. The van der Waals surface area contributed by atoms with E-state index in [1.807, 2.05) is 0 Å². The zero-order valence-corrected chi connectivity index (χ0v) is 14.6. The second-order valence-corrected chi connectivity index (χ2v) is 5.61. The van der Waals surface area contributed by atoms with Gasteiger partial charge in [-0.25, -0.2) is 9.78 Å². The zero-order chi connectivity index (χ0) is 18.2. The van der Waals surface area contributed by atoms with Crippen LogP contribution in [-0.4, -0.2) is 44.6 Å². The number of carbonyl (C=O) groups is 2. The molecule has 0 aliphatic carbocycles. The number of amides is 1. The van der Waals surface area contributed by atoms with E-state index < -0.39 is 11.9 Å². The van der Waals surface area contributed by atoms with Crippen molar-refractivity contribution in [2.75, 3.05) is 18.9 Å². The van der Waals surface area contributed by atoms with Gasteiger partial charge >= 0.3 is 5.97 Å². The molecule has 9 nitrogen and oxygen atoms in total. The topological polar surface area (TPSA) is 124 Å². The van der Waals surface area contributed by atoms with E-state index in [1.54, 1.807) is 6.92 Å². The van der Waals surface area contributed by atoms with Gasteiger partial charge in [-0.05, 0) is 13.3 Å². The van der Waals surface area contributed by atoms with Crippen LogP contribution >= 0.6 is 0 Å². The smallest absolute Gasteiger partial charge is 0.360 e. The molecule has 9 heteroatoms. The molecule has 25 heavy (non-hydrogen) atoms. The van der Waals surface area contributed by atoms with E-state index in [2.05, 4.69) is 27.4 Å². The third kappa shape index (κ3) is 4.43. The van der Waals surface area contributed by atoms with Gasteiger partial charge in [0.25, 0.3) is 5.91 Å². The summed E-state index contributed by atoms with van der Waals surface area (Å²) < 4.78 is 6.26. The Hall–Kier alpha value is -2.71. The SMILES string of the molecule is CCCCCCCNC(=O)c1nnc2c(C(=O)OCC)ncn2c1N. The van der Waals surface area contributed by atoms with Crippen molar-refractivity contribution in [1.82, 2.24) is 24.9 Å². The molecule has 2 heterocycles. The lowest BCUT2D eigenvalue weighted by atomic mass is 10.1. The molecule has 0 aromatic carbocycles. The third-order valence-electron chi connectivity index (χ3n) is 3.74. The van der Waals surface area contributed by atoms with Gasteiger partial charge in [0.2, 0.25) is 0 Å². The number of ether oxygens (including phenoxy) is 1. The van der Waals surface area contributed by atoms with E-state index >= 15 is 0 Å². The lowest BCUT2D eigenvalue weighted by Crippen LogP contribution is -2.27. The van der Waals surface area contributed by atoms with Gasteiger partial charge in [0.05, 0.1) is 6.61 Å². The first-order valence-corrected chi connectivity index (χ1v) is 8.54. The number of aromatic nitrogens is 4. The molecule has 0 aliphatic rings. The van der Waals surface area contributed by atoms with E-state index in [9.17, 15) is 9.59 Å². The predicted molar refractivity (Wildman–Crippen MR) is 92.2 cm³/mol. The summed E-state index contributed by atoms with van der Waals surface area (Å²) in [6.07, 6.45) is 6.83. The number of nitrogen functional groups attached to an aromatic ring is 1. The highest BCUT2D eigenvalue weighted by Crippen LogP contribution is 2.14. The minimum absolute atomic E-state index is 0.00821. The second kappa shape index (κ2) is 8.95. The van der Waals surface area contributed by atoms with Crippen LogP contribution in [0.3, 0.4) is 0 Å². The highest BCUT2D eigenvalue weighted by Gasteiger charge is 2.21. The number of rotatable bonds is 9. The molecule has 0 radical (unpaired) electrons. The maximum atomic E-state index is 12.2. The van der Waals surface area contributed by atoms with Crippen molar-refractivity contribution in [3.63, 3.8) is 0 Å². The number of fused-ring (bicyclic) bond motifs is 1. The second-order valence-electron chi connectivity index (χ2n) is 5.61. The van der Waals surface area contributed by atoms with E-state index in [1.165, 1.54) is 23.6 Å². The van der Waals surface area contributed by atoms with Gasteiger partial charge in [-0.2, -0.15) is 0 Å². The average Bonchev–Trinajstić information content (AvgIpc) is 3.03. The summed E-state index contributed by atoms with van der Waals surface area (Å²) >= 11 is 0. The number of nitrogens with one attached hydrogen (secondary N) is 1. The minimum atomic E-state index is -0.608. The first-order chi connectivity index (χ1) is 12.1. The third-order valence-corrected chi connectivity index (χ3v) is 3.74. The van der Waals surface area contributed by atoms with Crippen LogP contribution in [-0.2, 0) is 4.74 Å². The molecule has 0 unspecified atom stereocenters. The molecule has 1 amide bonds. The van der Waals surface area contributed by atoms with Crippen LogP contribution in [0.4, 0.5) is 5.82 Å². The number of nitrogens with two attached hydrogens (primary N) is 1. The molecule has 0 fully saturated rings. The number of hydrogen-bond donors (Lipinski definition) is 2. The van der Waals surface area contributed by atoms with Gasteiger partial charge < -0.3 is 15.8 Å². The molecule has 2 aromatic rings. The summed E-state index contributed by atoms with van der Waals surface area (Å²) in [5.74, 6) is -0.923. The summed E-state index contributed by atoms with van der Waals surface area (Å²) in [4.78, 5) is 28.0. The van der Waals surface area contributed by atoms with Crippen molar-refractivity contribution in [1.29, 1.82) is 0 Å². The molecule has 0 atom stereocenters. The van der Waals surface area contributed by atoms with Crippen LogP contribution in [0.15, 0.2) is 6.33 Å². The number of carbonyl (C=O) groups excluding carboxylic acids is 2. The number of unbranched alkanes of at least 4 members (excludes halogenated alkanes) is 4. The molecular weight excluding hydrogens is 324 g/mol. The van der Waals surface area contributed by atoms with Crippen molar-refractivity contribution < 1.29 is 14.3 Å². The van der Waals surface area contributed by atoms with Crippen LogP contribution in [0, 0.1) is 0 Å². The summed E-state index contributed by atoms with van der Waals surface area (Å²) in [6.45, 7) is 4.63. The number of esters is 1. The number of hydrogen-bond acceptors (Lipinski definition) is 7. The van der Waals surface area contributed by atoms with Crippen LogP contribution in [0.2, 0.25) is 0 Å². The largest absolute Gasteiger partial charge is 0.461 e. The summed E-state index contributed by atoms with van der Waals surface area (Å²) in [5, 5.41) is 10.5. The first kappa shape index (κ1) is 18.6. The fourth-order valence-corrected chi connectivity index (χ4v) is 2.40. The minimum Gasteiger partial charge on any atom is -0.461 e. The number of nitrogens with zero attached hydrogens (tertiary/aromatic N) is 4. The molecular formula is C16H24N6O3. The summed E-state index contributed by atoms with van der Waals surface area (Å²) in [5.41, 5.74) is 6.17. The van der Waals surface area contributed by atoms with Crippen molar-refractivity contribution >= 4 is 23.3 Å². The van der Waals surface area contributed by atoms with Crippen molar-refractivity contribution in [2.45, 2.75) is 46.0 Å². The van der Waals surface area contributed by atoms with Crippen molar-refractivity contribution in [2.24, 2.45) is 0 Å². The van der Waals surface area contributed by atoms with Crippen molar-refractivity contribution in [3.05, 3.63) is 17.7 Å². The van der Waals surface area contributed by atoms with E-state index in [4.69, 9.17) is 10.5 Å². The Kier molecular flexibility index (Phi) is 6.67. The summed E-state index contributed by atoms with van der Waals surface area (Å²) in [7, 11) is 0. The van der Waals surface area contributed by atoms with Gasteiger partial charge in [-0.15, -0.1) is 10.2 Å². The Balaban J connectivity index is 2.06. The Labute approximate surface area is 146 Å². The Morgan fingerprint density at radius 3 is 2.64 bits per heavy atom.